The third-order valence-electron chi connectivity index (χ3n) is 4.72. The van der Waals surface area contributed by atoms with E-state index in [1.807, 2.05) is 30.3 Å². The van der Waals surface area contributed by atoms with E-state index in [0.717, 1.165) is 41.7 Å². The quantitative estimate of drug-likeness (QED) is 0.665. The van der Waals surface area contributed by atoms with Crippen LogP contribution in [0.5, 0.6) is 0 Å². The molecule has 1 aromatic heterocycles. The number of anilines is 1. The minimum atomic E-state index is -0.518. The minimum absolute atomic E-state index is 0.00236. The molecule has 0 aliphatic heterocycles. The Bertz CT molecular complexity index is 861. The predicted molar refractivity (Wildman–Crippen MR) is 108 cm³/mol. The number of aryl methyl sites for hydroxylation is 1. The van der Waals surface area contributed by atoms with Crippen LogP contribution in [0, 0.1) is 0 Å². The van der Waals surface area contributed by atoms with Crippen LogP contribution in [0.4, 0.5) is 5.00 Å². The lowest BCUT2D eigenvalue weighted by molar-refractivity contribution is -0.144. The fourth-order valence-corrected chi connectivity index (χ4v) is 4.63. The number of fused-ring (bicyclic) bond motifs is 1. The van der Waals surface area contributed by atoms with E-state index in [2.05, 4.69) is 5.32 Å². The maximum atomic E-state index is 12.2. The van der Waals surface area contributed by atoms with Crippen molar-refractivity contribution in [2.24, 2.45) is 5.73 Å². The summed E-state index contributed by atoms with van der Waals surface area (Å²) in [6.45, 7) is 0.286. The van der Waals surface area contributed by atoms with Gasteiger partial charge in [-0.1, -0.05) is 30.3 Å². The van der Waals surface area contributed by atoms with Crippen LogP contribution >= 0.6 is 11.3 Å². The van der Waals surface area contributed by atoms with E-state index < -0.39 is 11.9 Å². The zero-order valence-corrected chi connectivity index (χ0v) is 16.5. The fourth-order valence-electron chi connectivity index (χ4n) is 3.32. The summed E-state index contributed by atoms with van der Waals surface area (Å²) in [7, 11) is 0. The molecule has 0 saturated carbocycles. The number of nitrogens with one attached hydrogen (secondary N) is 1. The number of thiophene rings is 1. The average molecular weight is 401 g/mol. The second-order valence-electron chi connectivity index (χ2n) is 6.78. The van der Waals surface area contributed by atoms with Crippen LogP contribution in [0.1, 0.15) is 52.0 Å². The lowest BCUT2D eigenvalue weighted by Gasteiger charge is -2.11. The maximum absolute atomic E-state index is 12.2. The van der Waals surface area contributed by atoms with Crippen molar-refractivity contribution in [2.45, 2.75) is 44.9 Å². The molecule has 0 radical (unpaired) electrons. The number of carbonyl (C=O) groups excluding carboxylic acids is 3. The first-order valence-corrected chi connectivity index (χ1v) is 10.3. The first kappa shape index (κ1) is 20.1. The number of carbonyl (C=O) groups is 3. The molecule has 0 unspecified atom stereocenters. The number of esters is 1. The molecule has 1 aromatic carbocycles. The number of primary amides is 1. The lowest BCUT2D eigenvalue weighted by Crippen LogP contribution is -2.19. The van der Waals surface area contributed by atoms with E-state index in [-0.39, 0.29) is 25.4 Å². The molecule has 0 saturated heterocycles. The molecule has 0 bridgehead atoms. The molecule has 1 aliphatic rings. The van der Waals surface area contributed by atoms with Gasteiger partial charge in [-0.15, -0.1) is 11.3 Å². The lowest BCUT2D eigenvalue weighted by atomic mass is 9.95. The van der Waals surface area contributed by atoms with Gasteiger partial charge < -0.3 is 15.8 Å². The maximum Gasteiger partial charge on any atom is 0.306 e. The molecule has 1 aliphatic carbocycles. The highest BCUT2D eigenvalue weighted by Crippen LogP contribution is 2.37. The fraction of sp³-hybridized carbons (Fsp3) is 0.381. The highest BCUT2D eigenvalue weighted by Gasteiger charge is 2.25. The van der Waals surface area contributed by atoms with E-state index in [1.165, 1.54) is 11.3 Å². The summed E-state index contributed by atoms with van der Waals surface area (Å²) < 4.78 is 5.18. The Morgan fingerprint density at radius 1 is 1.07 bits per heavy atom. The summed E-state index contributed by atoms with van der Waals surface area (Å²) in [5.41, 5.74) is 8.02. The van der Waals surface area contributed by atoms with Crippen LogP contribution in [-0.4, -0.2) is 24.4 Å². The first-order valence-electron chi connectivity index (χ1n) is 9.48. The van der Waals surface area contributed by atoms with Crippen molar-refractivity contribution >= 4 is 34.1 Å². The summed E-state index contributed by atoms with van der Waals surface area (Å²) in [4.78, 5) is 37.0. The molecule has 3 N–H and O–H groups in total. The standard InChI is InChI=1S/C21H24N2O4S/c22-20(26)19-15-8-4-5-9-16(15)28-21(19)23-17(24)10-11-18(25)27-13-12-14-6-2-1-3-7-14/h1-3,6-7H,4-5,8-13H2,(H2,22,26)(H,23,24). The molecule has 3 rings (SSSR count). The molecule has 1 heterocycles. The number of hydrogen-bond acceptors (Lipinski definition) is 5. The van der Waals surface area contributed by atoms with Gasteiger partial charge in [-0.3, -0.25) is 14.4 Å². The number of hydrogen-bond donors (Lipinski definition) is 2. The predicted octanol–water partition coefficient (Wildman–Crippen LogP) is 3.23. The van der Waals surface area contributed by atoms with Crippen molar-refractivity contribution in [1.82, 2.24) is 0 Å². The Labute approximate surface area is 168 Å². The van der Waals surface area contributed by atoms with Gasteiger partial charge in [-0.05, 0) is 36.8 Å². The van der Waals surface area contributed by atoms with E-state index in [9.17, 15) is 14.4 Å². The van der Waals surface area contributed by atoms with E-state index in [4.69, 9.17) is 10.5 Å². The van der Waals surface area contributed by atoms with Gasteiger partial charge in [0.15, 0.2) is 0 Å². The highest BCUT2D eigenvalue weighted by molar-refractivity contribution is 7.17. The Morgan fingerprint density at radius 2 is 1.82 bits per heavy atom. The summed E-state index contributed by atoms with van der Waals surface area (Å²) in [5, 5.41) is 3.26. The number of ether oxygens (including phenoxy) is 1. The molecular weight excluding hydrogens is 376 g/mol. The van der Waals surface area contributed by atoms with Crippen LogP contribution in [0.15, 0.2) is 30.3 Å². The normalized spacial score (nSPS) is 12.9. The number of rotatable bonds is 8. The highest BCUT2D eigenvalue weighted by atomic mass is 32.1. The van der Waals surface area contributed by atoms with Gasteiger partial charge in [0.25, 0.3) is 5.91 Å². The monoisotopic (exact) mass is 400 g/mol. The molecule has 7 heteroatoms. The van der Waals surface area contributed by atoms with Crippen molar-refractivity contribution in [1.29, 1.82) is 0 Å². The second-order valence-corrected chi connectivity index (χ2v) is 7.89. The van der Waals surface area contributed by atoms with Crippen LogP contribution in [0.3, 0.4) is 0 Å². The van der Waals surface area contributed by atoms with Crippen LogP contribution < -0.4 is 11.1 Å². The topological polar surface area (TPSA) is 98.5 Å². The van der Waals surface area contributed by atoms with E-state index >= 15 is 0 Å². The molecule has 0 atom stereocenters. The molecule has 28 heavy (non-hydrogen) atoms. The molecule has 148 valence electrons. The van der Waals surface area contributed by atoms with Crippen molar-refractivity contribution in [2.75, 3.05) is 11.9 Å². The zero-order valence-electron chi connectivity index (χ0n) is 15.7. The molecule has 2 amide bonds. The van der Waals surface area contributed by atoms with Crippen LogP contribution in [0.25, 0.3) is 0 Å². The van der Waals surface area contributed by atoms with Gasteiger partial charge in [0.1, 0.15) is 5.00 Å². The van der Waals surface area contributed by atoms with Crippen molar-refractivity contribution < 1.29 is 19.1 Å². The van der Waals surface area contributed by atoms with E-state index in [1.54, 1.807) is 0 Å². The molecule has 0 spiro atoms. The third kappa shape index (κ3) is 5.19. The summed E-state index contributed by atoms with van der Waals surface area (Å²) in [5.74, 6) is -1.25. The minimum Gasteiger partial charge on any atom is -0.465 e. The first-order chi connectivity index (χ1) is 13.5. The van der Waals surface area contributed by atoms with Gasteiger partial charge in [0.05, 0.1) is 18.6 Å². The summed E-state index contributed by atoms with van der Waals surface area (Å²) >= 11 is 1.42. The zero-order chi connectivity index (χ0) is 19.9. The van der Waals surface area contributed by atoms with Gasteiger partial charge >= 0.3 is 5.97 Å². The van der Waals surface area contributed by atoms with Gasteiger partial charge in [-0.25, -0.2) is 0 Å². The Hall–Kier alpha value is -2.67. The SMILES string of the molecule is NC(=O)c1c(NC(=O)CCC(=O)OCCc2ccccc2)sc2c1CCCC2. The number of nitrogens with two attached hydrogens (primary N) is 1. The average Bonchev–Trinajstić information content (AvgIpc) is 3.05. The smallest absolute Gasteiger partial charge is 0.306 e. The van der Waals surface area contributed by atoms with Gasteiger partial charge in [0.2, 0.25) is 5.91 Å². The van der Waals surface area contributed by atoms with Gasteiger partial charge in [0, 0.05) is 17.7 Å². The van der Waals surface area contributed by atoms with Crippen molar-refractivity contribution in [3.8, 4) is 0 Å². The second kappa shape index (κ2) is 9.50. The molecular formula is C21H24N2O4S. The Balaban J connectivity index is 1.47. The number of amides is 2. The molecule has 0 fully saturated rings. The molecule has 6 nitrogen and oxygen atoms in total. The molecule has 2 aromatic rings. The largest absolute Gasteiger partial charge is 0.465 e. The number of benzene rings is 1. The Kier molecular flexibility index (Phi) is 6.81. The van der Waals surface area contributed by atoms with Crippen molar-refractivity contribution in [3.63, 3.8) is 0 Å². The Morgan fingerprint density at radius 3 is 2.57 bits per heavy atom. The van der Waals surface area contributed by atoms with E-state index in [0.29, 0.717) is 17.0 Å². The van der Waals surface area contributed by atoms with Crippen LogP contribution in [0.2, 0.25) is 0 Å². The summed E-state index contributed by atoms with van der Waals surface area (Å²) in [6.07, 6.45) is 4.46. The third-order valence-corrected chi connectivity index (χ3v) is 5.93. The van der Waals surface area contributed by atoms with Gasteiger partial charge in [-0.2, -0.15) is 0 Å². The van der Waals surface area contributed by atoms with Crippen LogP contribution in [-0.2, 0) is 33.6 Å². The summed E-state index contributed by atoms with van der Waals surface area (Å²) in [6, 6.07) is 9.74. The van der Waals surface area contributed by atoms with Crippen molar-refractivity contribution in [3.05, 3.63) is 51.9 Å².